The summed E-state index contributed by atoms with van der Waals surface area (Å²) in [4.78, 5) is 23.0. The van der Waals surface area contributed by atoms with Gasteiger partial charge in [0.2, 0.25) is 0 Å². The minimum atomic E-state index is -0.573. The van der Waals surface area contributed by atoms with Gasteiger partial charge in [0.15, 0.2) is 0 Å². The van der Waals surface area contributed by atoms with Crippen molar-refractivity contribution in [3.05, 3.63) is 29.8 Å². The van der Waals surface area contributed by atoms with Gasteiger partial charge in [-0.15, -0.1) is 0 Å². The van der Waals surface area contributed by atoms with E-state index < -0.39 is 11.7 Å². The fourth-order valence-corrected chi connectivity index (χ4v) is 1.49. The molecule has 104 valence electrons. The van der Waals surface area contributed by atoms with E-state index in [0.29, 0.717) is 11.3 Å². The highest BCUT2D eigenvalue weighted by atomic mass is 16.6. The zero-order valence-corrected chi connectivity index (χ0v) is 11.6. The van der Waals surface area contributed by atoms with Crippen molar-refractivity contribution in [1.29, 1.82) is 0 Å². The molecule has 0 aliphatic rings. The molecule has 1 amide bonds. The number of nitrogens with one attached hydrogen (secondary N) is 1. The van der Waals surface area contributed by atoms with E-state index in [-0.39, 0.29) is 12.4 Å². The number of amides is 1. The van der Waals surface area contributed by atoms with Crippen LogP contribution in [0.4, 0.5) is 10.5 Å². The third kappa shape index (κ3) is 5.42. The van der Waals surface area contributed by atoms with Crippen LogP contribution in [0.25, 0.3) is 0 Å². The Morgan fingerprint density at radius 2 is 1.84 bits per heavy atom. The second-order valence-electron chi connectivity index (χ2n) is 5.04. The lowest BCUT2D eigenvalue weighted by molar-refractivity contribution is -0.153. The number of hydrogen-bond donors (Lipinski definition) is 1. The third-order valence-corrected chi connectivity index (χ3v) is 2.19. The molecule has 1 aromatic rings. The van der Waals surface area contributed by atoms with E-state index in [4.69, 9.17) is 4.74 Å². The topological polar surface area (TPSA) is 64.6 Å². The average Bonchev–Trinajstić information content (AvgIpc) is 2.29. The molecule has 19 heavy (non-hydrogen) atoms. The molecule has 0 heterocycles. The molecule has 1 aromatic carbocycles. The van der Waals surface area contributed by atoms with Gasteiger partial charge in [0.1, 0.15) is 5.60 Å². The van der Waals surface area contributed by atoms with Gasteiger partial charge < -0.3 is 9.47 Å². The maximum absolute atomic E-state index is 11.8. The first-order valence-electron chi connectivity index (χ1n) is 5.96. The van der Waals surface area contributed by atoms with E-state index in [9.17, 15) is 9.59 Å². The Kier molecular flexibility index (Phi) is 4.92. The predicted molar refractivity (Wildman–Crippen MR) is 72.0 cm³/mol. The van der Waals surface area contributed by atoms with E-state index in [2.05, 4.69) is 10.1 Å². The van der Waals surface area contributed by atoms with Crippen molar-refractivity contribution in [2.24, 2.45) is 0 Å². The summed E-state index contributed by atoms with van der Waals surface area (Å²) >= 11 is 0. The fourth-order valence-electron chi connectivity index (χ4n) is 1.49. The smallest absolute Gasteiger partial charge is 0.411 e. The summed E-state index contributed by atoms with van der Waals surface area (Å²) in [7, 11) is 1.28. The maximum Gasteiger partial charge on any atom is 0.411 e. The number of carbonyl (C=O) groups excluding carboxylic acids is 2. The molecule has 1 rings (SSSR count). The van der Waals surface area contributed by atoms with Crippen molar-refractivity contribution in [2.45, 2.75) is 32.8 Å². The van der Waals surface area contributed by atoms with Crippen molar-refractivity contribution >= 4 is 17.7 Å². The molecule has 0 aliphatic carbocycles. The van der Waals surface area contributed by atoms with Crippen molar-refractivity contribution in [2.75, 3.05) is 12.4 Å². The number of rotatable bonds is 3. The Morgan fingerprint density at radius 1 is 1.21 bits per heavy atom. The molecule has 0 atom stereocenters. The summed E-state index contributed by atoms with van der Waals surface area (Å²) in [6.45, 7) is 5.43. The van der Waals surface area contributed by atoms with Gasteiger partial charge in [-0.2, -0.15) is 0 Å². The van der Waals surface area contributed by atoms with Crippen molar-refractivity contribution in [1.82, 2.24) is 0 Å². The number of benzene rings is 1. The van der Waals surface area contributed by atoms with Crippen molar-refractivity contribution < 1.29 is 19.1 Å². The summed E-state index contributed by atoms with van der Waals surface area (Å²) in [5.41, 5.74) is 0.698. The highest BCUT2D eigenvalue weighted by Crippen LogP contribution is 2.18. The first kappa shape index (κ1) is 15.0. The van der Waals surface area contributed by atoms with Crippen LogP contribution in [0.5, 0.6) is 0 Å². The molecule has 0 unspecified atom stereocenters. The fraction of sp³-hybridized carbons (Fsp3) is 0.429. The number of anilines is 1. The largest absolute Gasteiger partial charge is 0.460 e. The van der Waals surface area contributed by atoms with Gasteiger partial charge in [0.25, 0.3) is 0 Å². The Hall–Kier alpha value is -2.04. The Balaban J connectivity index is 2.78. The highest BCUT2D eigenvalue weighted by molar-refractivity contribution is 5.87. The van der Waals surface area contributed by atoms with Crippen LogP contribution >= 0.6 is 0 Å². The molecular weight excluding hydrogens is 246 g/mol. The number of hydrogen-bond acceptors (Lipinski definition) is 4. The number of ether oxygens (including phenoxy) is 2. The zero-order chi connectivity index (χ0) is 14.5. The number of esters is 1. The normalized spacial score (nSPS) is 10.7. The van der Waals surface area contributed by atoms with Crippen LogP contribution in [0.1, 0.15) is 26.3 Å². The lowest BCUT2D eigenvalue weighted by Crippen LogP contribution is -2.25. The molecule has 0 fully saturated rings. The Labute approximate surface area is 112 Å². The summed E-state index contributed by atoms with van der Waals surface area (Å²) in [6, 6.07) is 7.03. The maximum atomic E-state index is 11.8. The molecule has 5 heteroatoms. The first-order chi connectivity index (χ1) is 8.81. The average molecular weight is 265 g/mol. The lowest BCUT2D eigenvalue weighted by Gasteiger charge is -2.20. The predicted octanol–water partition coefficient (Wildman–Crippen LogP) is 2.75. The number of methoxy groups -OCH3 is 1. The van der Waals surface area contributed by atoms with Crippen LogP contribution in [-0.2, 0) is 20.7 Å². The minimum Gasteiger partial charge on any atom is -0.460 e. The molecule has 0 aromatic heterocycles. The van der Waals surface area contributed by atoms with Gasteiger partial charge in [0, 0.05) is 5.69 Å². The SMILES string of the molecule is COC(=O)Nc1ccccc1CC(=O)OC(C)(C)C. The second kappa shape index (κ2) is 6.22. The summed E-state index contributed by atoms with van der Waals surface area (Å²) in [5.74, 6) is -0.341. The van der Waals surface area contributed by atoms with Gasteiger partial charge in [-0.1, -0.05) is 18.2 Å². The minimum absolute atomic E-state index is 0.0947. The molecular formula is C14H19NO4. The summed E-state index contributed by atoms with van der Waals surface area (Å²) in [5, 5.41) is 2.56. The Morgan fingerprint density at radius 3 is 2.42 bits per heavy atom. The number of carbonyl (C=O) groups is 2. The van der Waals surface area contributed by atoms with Crippen molar-refractivity contribution in [3.63, 3.8) is 0 Å². The van der Waals surface area contributed by atoms with E-state index in [0.717, 1.165) is 0 Å². The molecule has 0 saturated carbocycles. The molecule has 0 spiro atoms. The van der Waals surface area contributed by atoms with E-state index >= 15 is 0 Å². The van der Waals surface area contributed by atoms with Gasteiger partial charge in [-0.05, 0) is 32.4 Å². The zero-order valence-electron chi connectivity index (χ0n) is 11.6. The van der Waals surface area contributed by atoms with Gasteiger partial charge in [-0.3, -0.25) is 10.1 Å². The molecule has 5 nitrogen and oxygen atoms in total. The van der Waals surface area contributed by atoms with Crippen LogP contribution in [0.15, 0.2) is 24.3 Å². The molecule has 0 radical (unpaired) electrons. The van der Waals surface area contributed by atoms with Crippen LogP contribution in [-0.4, -0.2) is 24.8 Å². The van der Waals surface area contributed by atoms with Gasteiger partial charge >= 0.3 is 12.1 Å². The van der Waals surface area contributed by atoms with Gasteiger partial charge in [-0.25, -0.2) is 4.79 Å². The van der Waals surface area contributed by atoms with Crippen LogP contribution in [0, 0.1) is 0 Å². The monoisotopic (exact) mass is 265 g/mol. The van der Waals surface area contributed by atoms with Crippen molar-refractivity contribution in [3.8, 4) is 0 Å². The van der Waals surface area contributed by atoms with Gasteiger partial charge in [0.05, 0.1) is 13.5 Å². The lowest BCUT2D eigenvalue weighted by atomic mass is 10.1. The molecule has 0 aliphatic heterocycles. The van der Waals surface area contributed by atoms with Crippen LogP contribution in [0.3, 0.4) is 0 Å². The standard InChI is InChI=1S/C14H19NO4/c1-14(2,3)19-12(16)9-10-7-5-6-8-11(10)15-13(17)18-4/h5-8H,9H2,1-4H3,(H,15,17). The summed E-state index contributed by atoms with van der Waals surface area (Å²) in [6.07, 6.45) is -0.478. The molecule has 1 N–H and O–H groups in total. The number of para-hydroxylation sites is 1. The van der Waals surface area contributed by atoms with E-state index in [1.165, 1.54) is 7.11 Å². The summed E-state index contributed by atoms with van der Waals surface area (Å²) < 4.78 is 9.77. The highest BCUT2D eigenvalue weighted by Gasteiger charge is 2.18. The molecule has 0 saturated heterocycles. The quantitative estimate of drug-likeness (QED) is 0.853. The van der Waals surface area contributed by atoms with E-state index in [1.54, 1.807) is 24.3 Å². The second-order valence-corrected chi connectivity index (χ2v) is 5.04. The third-order valence-electron chi connectivity index (χ3n) is 2.19. The van der Waals surface area contributed by atoms with Crippen LogP contribution < -0.4 is 5.32 Å². The molecule has 0 bridgehead atoms. The Bertz CT molecular complexity index is 463. The van der Waals surface area contributed by atoms with E-state index in [1.807, 2.05) is 20.8 Å². The first-order valence-corrected chi connectivity index (χ1v) is 5.96. The van der Waals surface area contributed by atoms with Crippen LogP contribution in [0.2, 0.25) is 0 Å².